The summed E-state index contributed by atoms with van der Waals surface area (Å²) in [6, 6.07) is 11.5. The van der Waals surface area contributed by atoms with Crippen molar-refractivity contribution >= 4 is 5.91 Å². The van der Waals surface area contributed by atoms with Crippen LogP contribution in [0.25, 0.3) is 0 Å². The number of carbonyl (C=O) groups is 1. The smallest absolute Gasteiger partial charge is 0.253 e. The Hall–Kier alpha value is -3.26. The van der Waals surface area contributed by atoms with Gasteiger partial charge in [-0.15, -0.1) is 10.2 Å². The maximum atomic E-state index is 12.9. The molecule has 33 heavy (non-hydrogen) atoms. The molecule has 0 radical (unpaired) electrons. The molecule has 174 valence electrons. The molecule has 3 heterocycles. The lowest BCUT2D eigenvalue weighted by molar-refractivity contribution is 0.0928. The molecule has 0 fully saturated rings. The van der Waals surface area contributed by atoms with E-state index in [9.17, 15) is 4.79 Å². The summed E-state index contributed by atoms with van der Waals surface area (Å²) in [6.45, 7) is 7.68. The Kier molecular flexibility index (Phi) is 7.34. The summed E-state index contributed by atoms with van der Waals surface area (Å²) in [5, 5.41) is 12.2. The van der Waals surface area contributed by atoms with Crippen molar-refractivity contribution in [2.75, 3.05) is 20.2 Å². The normalized spacial score (nSPS) is 15.0. The zero-order valence-corrected chi connectivity index (χ0v) is 19.6. The van der Waals surface area contributed by atoms with Crippen molar-refractivity contribution in [3.8, 4) is 5.75 Å². The summed E-state index contributed by atoms with van der Waals surface area (Å²) in [5.41, 5.74) is 1.73. The average Bonchev–Trinajstić information content (AvgIpc) is 3.13. The molecular weight excluding hydrogens is 416 g/mol. The molecule has 0 spiro atoms. The summed E-state index contributed by atoms with van der Waals surface area (Å²) in [4.78, 5) is 19.3. The Morgan fingerprint density at radius 2 is 1.97 bits per heavy atom. The first kappa shape index (κ1) is 22.9. The van der Waals surface area contributed by atoms with E-state index >= 15 is 0 Å². The molecule has 1 aromatic carbocycles. The first-order valence-electron chi connectivity index (χ1n) is 11.5. The molecule has 1 N–H and O–H groups in total. The van der Waals surface area contributed by atoms with E-state index in [1.54, 1.807) is 31.6 Å². The van der Waals surface area contributed by atoms with Crippen LogP contribution in [0.15, 0.2) is 48.8 Å². The van der Waals surface area contributed by atoms with Gasteiger partial charge >= 0.3 is 0 Å². The molecular formula is C25H32N6O2. The molecule has 1 atom stereocenters. The van der Waals surface area contributed by atoms with Crippen LogP contribution in [-0.2, 0) is 19.5 Å². The second-order valence-electron chi connectivity index (χ2n) is 8.86. The highest BCUT2D eigenvalue weighted by atomic mass is 16.5. The number of hydrogen-bond acceptors (Lipinski definition) is 6. The van der Waals surface area contributed by atoms with Gasteiger partial charge in [0.25, 0.3) is 5.91 Å². The van der Waals surface area contributed by atoms with Crippen molar-refractivity contribution < 1.29 is 9.53 Å². The van der Waals surface area contributed by atoms with Crippen molar-refractivity contribution in [3.63, 3.8) is 0 Å². The predicted molar refractivity (Wildman–Crippen MR) is 126 cm³/mol. The zero-order valence-electron chi connectivity index (χ0n) is 19.6. The molecule has 3 aromatic rings. The van der Waals surface area contributed by atoms with Gasteiger partial charge in [0.1, 0.15) is 11.6 Å². The van der Waals surface area contributed by atoms with E-state index in [1.807, 2.05) is 18.2 Å². The van der Waals surface area contributed by atoms with Crippen molar-refractivity contribution in [2.24, 2.45) is 5.92 Å². The summed E-state index contributed by atoms with van der Waals surface area (Å²) in [7, 11) is 1.71. The number of amides is 1. The predicted octanol–water partition coefficient (Wildman–Crippen LogP) is 3.26. The lowest BCUT2D eigenvalue weighted by atomic mass is 10.0. The molecule has 0 bridgehead atoms. The number of hydrogen-bond donors (Lipinski definition) is 1. The van der Waals surface area contributed by atoms with Gasteiger partial charge in [-0.25, -0.2) is 0 Å². The van der Waals surface area contributed by atoms with Gasteiger partial charge in [0.05, 0.1) is 18.7 Å². The van der Waals surface area contributed by atoms with Crippen LogP contribution in [-0.4, -0.2) is 50.8 Å². The molecule has 0 saturated carbocycles. The van der Waals surface area contributed by atoms with E-state index in [0.717, 1.165) is 56.4 Å². The Morgan fingerprint density at radius 3 is 2.73 bits per heavy atom. The quantitative estimate of drug-likeness (QED) is 0.569. The third-order valence-electron chi connectivity index (χ3n) is 5.98. The van der Waals surface area contributed by atoms with Crippen LogP contribution in [0, 0.1) is 5.92 Å². The van der Waals surface area contributed by atoms with Crippen LogP contribution in [0.5, 0.6) is 5.75 Å². The van der Waals surface area contributed by atoms with Crippen LogP contribution >= 0.6 is 0 Å². The minimum Gasteiger partial charge on any atom is -0.496 e. The minimum atomic E-state index is -0.209. The fraction of sp³-hybridized carbons (Fsp3) is 0.440. The number of nitrogens with one attached hydrogen (secondary N) is 1. The lowest BCUT2D eigenvalue weighted by Crippen LogP contribution is -2.32. The second kappa shape index (κ2) is 10.6. The third-order valence-corrected chi connectivity index (χ3v) is 5.98. The highest BCUT2D eigenvalue weighted by Gasteiger charge is 2.26. The number of rotatable bonds is 8. The number of aromatic nitrogens is 4. The van der Waals surface area contributed by atoms with Crippen LogP contribution in [0.1, 0.15) is 53.9 Å². The molecule has 1 unspecified atom stereocenters. The molecule has 1 aliphatic heterocycles. The van der Waals surface area contributed by atoms with E-state index in [0.29, 0.717) is 11.5 Å². The van der Waals surface area contributed by atoms with Crippen molar-refractivity contribution in [2.45, 2.75) is 45.8 Å². The number of benzene rings is 1. The lowest BCUT2D eigenvalue weighted by Gasteiger charge is -2.23. The van der Waals surface area contributed by atoms with E-state index in [1.165, 1.54) is 5.56 Å². The van der Waals surface area contributed by atoms with Crippen LogP contribution < -0.4 is 10.1 Å². The molecule has 8 heteroatoms. The Balaban J connectivity index is 1.50. The van der Waals surface area contributed by atoms with Gasteiger partial charge in [-0.1, -0.05) is 32.0 Å². The minimum absolute atomic E-state index is 0.141. The Morgan fingerprint density at radius 1 is 1.12 bits per heavy atom. The fourth-order valence-electron chi connectivity index (χ4n) is 4.32. The van der Waals surface area contributed by atoms with Crippen LogP contribution in [0.3, 0.4) is 0 Å². The first-order chi connectivity index (χ1) is 16.0. The maximum absolute atomic E-state index is 12.9. The summed E-state index contributed by atoms with van der Waals surface area (Å²) in [5.74, 6) is 2.96. The summed E-state index contributed by atoms with van der Waals surface area (Å²) in [6.07, 6.45) is 4.85. The van der Waals surface area contributed by atoms with Crippen molar-refractivity contribution in [1.29, 1.82) is 0 Å². The largest absolute Gasteiger partial charge is 0.496 e. The van der Waals surface area contributed by atoms with Gasteiger partial charge in [0, 0.05) is 50.6 Å². The van der Waals surface area contributed by atoms with Gasteiger partial charge in [-0.05, 0) is 30.5 Å². The molecule has 1 aliphatic rings. The molecule has 1 amide bonds. The van der Waals surface area contributed by atoms with Crippen molar-refractivity contribution in [3.05, 3.63) is 71.6 Å². The number of carbonyl (C=O) groups excluding carboxylic acids is 1. The first-order valence-corrected chi connectivity index (χ1v) is 11.5. The van der Waals surface area contributed by atoms with E-state index in [-0.39, 0.29) is 11.9 Å². The number of pyridine rings is 1. The van der Waals surface area contributed by atoms with E-state index in [4.69, 9.17) is 4.74 Å². The monoisotopic (exact) mass is 448 g/mol. The SMILES string of the molecule is COc1ccccc1CN1CCc2nnc(C(CC(C)C)NC(=O)c3cccnc3)n2CC1. The fourth-order valence-corrected chi connectivity index (χ4v) is 4.32. The number of para-hydroxylation sites is 1. The van der Waals surface area contributed by atoms with Gasteiger partial charge in [-0.3, -0.25) is 14.7 Å². The van der Waals surface area contributed by atoms with E-state index in [2.05, 4.69) is 49.9 Å². The Labute approximate surface area is 195 Å². The van der Waals surface area contributed by atoms with Gasteiger partial charge in [0.15, 0.2) is 5.82 Å². The summed E-state index contributed by atoms with van der Waals surface area (Å²) < 4.78 is 7.72. The number of nitrogens with zero attached hydrogens (tertiary/aromatic N) is 5. The topological polar surface area (TPSA) is 85.2 Å². The van der Waals surface area contributed by atoms with Gasteiger partial charge in [0.2, 0.25) is 0 Å². The van der Waals surface area contributed by atoms with Crippen molar-refractivity contribution in [1.82, 2.24) is 30.0 Å². The summed E-state index contributed by atoms with van der Waals surface area (Å²) >= 11 is 0. The molecule has 4 rings (SSSR count). The van der Waals surface area contributed by atoms with E-state index < -0.39 is 0 Å². The Bertz CT molecular complexity index is 1070. The molecule has 0 saturated heterocycles. The van der Waals surface area contributed by atoms with Crippen LogP contribution in [0.2, 0.25) is 0 Å². The number of ether oxygens (including phenoxy) is 1. The number of fused-ring (bicyclic) bond motifs is 1. The molecule has 8 nitrogen and oxygen atoms in total. The highest BCUT2D eigenvalue weighted by Crippen LogP contribution is 2.24. The average molecular weight is 449 g/mol. The zero-order chi connectivity index (χ0) is 23.2. The van der Waals surface area contributed by atoms with Gasteiger partial charge < -0.3 is 14.6 Å². The van der Waals surface area contributed by atoms with Crippen LogP contribution in [0.4, 0.5) is 0 Å². The molecule has 2 aromatic heterocycles. The third kappa shape index (κ3) is 5.57. The highest BCUT2D eigenvalue weighted by molar-refractivity contribution is 5.94. The molecule has 0 aliphatic carbocycles. The maximum Gasteiger partial charge on any atom is 0.253 e. The second-order valence-corrected chi connectivity index (χ2v) is 8.86. The van der Waals surface area contributed by atoms with Gasteiger partial charge in [-0.2, -0.15) is 0 Å². The number of methoxy groups -OCH3 is 1. The standard InChI is InChI=1S/C25H32N6O2/c1-18(2)15-21(27-25(32)19-8-6-11-26-16-19)24-29-28-23-10-12-30(13-14-31(23)24)17-20-7-4-5-9-22(20)33-3/h4-9,11,16,18,21H,10,12-15,17H2,1-3H3,(H,27,32).